The molecule has 2 bridgehead atoms. The number of rotatable bonds is 1. The Bertz CT molecular complexity index is 545. The molecule has 4 heteroatoms. The fourth-order valence-corrected chi connectivity index (χ4v) is 3.10. The van der Waals surface area contributed by atoms with Crippen molar-refractivity contribution < 1.29 is 4.39 Å². The summed E-state index contributed by atoms with van der Waals surface area (Å²) < 4.78 is 15.1. The van der Waals surface area contributed by atoms with E-state index in [1.807, 2.05) is 0 Å². The van der Waals surface area contributed by atoms with E-state index in [-0.39, 0.29) is 5.82 Å². The summed E-state index contributed by atoms with van der Waals surface area (Å²) >= 11 is 0. The van der Waals surface area contributed by atoms with Crippen LogP contribution in [0.15, 0.2) is 24.5 Å². The Hall–Kier alpha value is -1.71. The van der Waals surface area contributed by atoms with Gasteiger partial charge in [0.05, 0.1) is 11.9 Å². The van der Waals surface area contributed by atoms with Crippen molar-refractivity contribution in [1.29, 1.82) is 0 Å². The summed E-state index contributed by atoms with van der Waals surface area (Å²) in [6, 6.07) is 3.76. The first-order valence-electron chi connectivity index (χ1n) is 6.02. The van der Waals surface area contributed by atoms with Gasteiger partial charge < -0.3 is 4.57 Å². The van der Waals surface area contributed by atoms with E-state index in [9.17, 15) is 4.39 Å². The number of imidazole rings is 1. The van der Waals surface area contributed by atoms with Gasteiger partial charge >= 0.3 is 0 Å². The summed E-state index contributed by atoms with van der Waals surface area (Å²) in [4.78, 5) is 8.73. The van der Waals surface area contributed by atoms with Gasteiger partial charge in [-0.05, 0) is 31.4 Å². The van der Waals surface area contributed by atoms with Crippen LogP contribution in [-0.4, -0.2) is 14.5 Å². The second-order valence-corrected chi connectivity index (χ2v) is 4.92. The van der Waals surface area contributed by atoms with Crippen molar-refractivity contribution in [1.82, 2.24) is 14.5 Å². The third kappa shape index (κ3) is 1.27. The molecule has 1 saturated carbocycles. The van der Waals surface area contributed by atoms with E-state index in [1.165, 1.54) is 37.4 Å². The first kappa shape index (κ1) is 9.33. The predicted octanol–water partition coefficient (Wildman–Crippen LogP) is 2.91. The molecule has 0 saturated heterocycles. The van der Waals surface area contributed by atoms with Crippen LogP contribution in [0, 0.1) is 5.82 Å². The van der Waals surface area contributed by atoms with Crippen molar-refractivity contribution in [2.75, 3.05) is 0 Å². The van der Waals surface area contributed by atoms with Gasteiger partial charge in [0.1, 0.15) is 17.3 Å². The highest BCUT2D eigenvalue weighted by atomic mass is 19.1. The minimum absolute atomic E-state index is 0.305. The highest BCUT2D eigenvalue weighted by Crippen LogP contribution is 2.48. The molecule has 3 heterocycles. The molecule has 1 fully saturated rings. The van der Waals surface area contributed by atoms with E-state index in [1.54, 1.807) is 6.07 Å². The van der Waals surface area contributed by atoms with Gasteiger partial charge in [-0.15, -0.1) is 0 Å². The Kier molecular flexibility index (Phi) is 1.73. The van der Waals surface area contributed by atoms with Crippen LogP contribution in [0.1, 0.15) is 37.0 Å². The third-order valence-electron chi connectivity index (χ3n) is 3.91. The standard InChI is InChI=1S/C13H12FN3/c14-9-2-4-11(15-6-9)12-7-17-10-3-1-8(5-10)13(17)16-12/h2,4,6-8,10H,1,3,5H2. The van der Waals surface area contributed by atoms with Crippen molar-refractivity contribution in [3.05, 3.63) is 36.2 Å². The van der Waals surface area contributed by atoms with Gasteiger partial charge in [-0.25, -0.2) is 9.37 Å². The summed E-state index contributed by atoms with van der Waals surface area (Å²) in [6.45, 7) is 0. The molecule has 2 aliphatic rings. The second-order valence-electron chi connectivity index (χ2n) is 4.92. The number of hydrogen-bond donors (Lipinski definition) is 0. The van der Waals surface area contributed by atoms with Gasteiger partial charge in [0, 0.05) is 18.2 Å². The van der Waals surface area contributed by atoms with E-state index in [0.29, 0.717) is 12.0 Å². The zero-order chi connectivity index (χ0) is 11.4. The Labute approximate surface area is 98.3 Å². The van der Waals surface area contributed by atoms with Crippen LogP contribution in [0.3, 0.4) is 0 Å². The highest BCUT2D eigenvalue weighted by Gasteiger charge is 2.38. The normalized spacial score (nSPS) is 25.2. The molecule has 3 nitrogen and oxygen atoms in total. The second kappa shape index (κ2) is 3.15. The Morgan fingerprint density at radius 2 is 2.18 bits per heavy atom. The Morgan fingerprint density at radius 1 is 1.24 bits per heavy atom. The third-order valence-corrected chi connectivity index (χ3v) is 3.91. The maximum atomic E-state index is 12.8. The zero-order valence-electron chi connectivity index (χ0n) is 9.31. The van der Waals surface area contributed by atoms with Crippen LogP contribution in [0.2, 0.25) is 0 Å². The van der Waals surface area contributed by atoms with Gasteiger partial charge in [0.2, 0.25) is 0 Å². The number of aromatic nitrogens is 3. The number of fused-ring (bicyclic) bond motifs is 5. The minimum Gasteiger partial charge on any atom is -0.331 e. The van der Waals surface area contributed by atoms with Gasteiger partial charge in [-0.1, -0.05) is 0 Å². The average Bonchev–Trinajstić information content (AvgIpc) is 3.02. The summed E-state index contributed by atoms with van der Waals surface area (Å²) in [5.41, 5.74) is 1.63. The number of nitrogens with zero attached hydrogens (tertiary/aromatic N) is 3. The first-order chi connectivity index (χ1) is 8.31. The molecular formula is C13H12FN3. The molecule has 1 aliphatic carbocycles. The predicted molar refractivity (Wildman–Crippen MR) is 61.0 cm³/mol. The Morgan fingerprint density at radius 3 is 2.94 bits per heavy atom. The highest BCUT2D eigenvalue weighted by molar-refractivity contribution is 5.53. The average molecular weight is 229 g/mol. The van der Waals surface area contributed by atoms with E-state index >= 15 is 0 Å². The maximum absolute atomic E-state index is 12.8. The van der Waals surface area contributed by atoms with Crippen molar-refractivity contribution in [3.63, 3.8) is 0 Å². The lowest BCUT2D eigenvalue weighted by molar-refractivity contribution is 0.526. The molecule has 4 rings (SSSR count). The molecule has 2 atom stereocenters. The molecule has 2 aromatic heterocycles. The lowest BCUT2D eigenvalue weighted by atomic mass is 10.1. The fourth-order valence-electron chi connectivity index (χ4n) is 3.10. The van der Waals surface area contributed by atoms with Crippen LogP contribution in [-0.2, 0) is 0 Å². The molecular weight excluding hydrogens is 217 g/mol. The number of hydrogen-bond acceptors (Lipinski definition) is 2. The molecule has 2 aromatic rings. The molecule has 0 amide bonds. The molecule has 1 aliphatic heterocycles. The largest absolute Gasteiger partial charge is 0.331 e. The first-order valence-corrected chi connectivity index (χ1v) is 6.02. The molecule has 0 N–H and O–H groups in total. The van der Waals surface area contributed by atoms with Crippen LogP contribution >= 0.6 is 0 Å². The van der Waals surface area contributed by atoms with Crippen LogP contribution in [0.5, 0.6) is 0 Å². The maximum Gasteiger partial charge on any atom is 0.141 e. The lowest BCUT2D eigenvalue weighted by Gasteiger charge is -2.11. The summed E-state index contributed by atoms with van der Waals surface area (Å²) in [5, 5.41) is 0. The molecule has 86 valence electrons. The van der Waals surface area contributed by atoms with E-state index in [4.69, 9.17) is 0 Å². The number of pyridine rings is 1. The van der Waals surface area contributed by atoms with Crippen molar-refractivity contribution in [2.24, 2.45) is 0 Å². The summed E-state index contributed by atoms with van der Waals surface area (Å²) in [5.74, 6) is 1.53. The SMILES string of the molecule is Fc1ccc(-c2cn3c(n2)C2CCC3C2)nc1. The summed E-state index contributed by atoms with van der Waals surface area (Å²) in [7, 11) is 0. The van der Waals surface area contributed by atoms with Crippen molar-refractivity contribution >= 4 is 0 Å². The molecule has 2 unspecified atom stereocenters. The summed E-state index contributed by atoms with van der Waals surface area (Å²) in [6.07, 6.45) is 7.09. The van der Waals surface area contributed by atoms with E-state index in [0.717, 1.165) is 11.4 Å². The Balaban J connectivity index is 1.79. The van der Waals surface area contributed by atoms with Crippen LogP contribution < -0.4 is 0 Å². The topological polar surface area (TPSA) is 30.7 Å². The zero-order valence-corrected chi connectivity index (χ0v) is 9.31. The van der Waals surface area contributed by atoms with Gasteiger partial charge in [-0.2, -0.15) is 0 Å². The van der Waals surface area contributed by atoms with E-state index in [2.05, 4.69) is 20.7 Å². The smallest absolute Gasteiger partial charge is 0.141 e. The minimum atomic E-state index is -0.305. The lowest BCUT2D eigenvalue weighted by Crippen LogP contribution is -2.04. The quantitative estimate of drug-likeness (QED) is 0.752. The van der Waals surface area contributed by atoms with Gasteiger partial charge in [0.25, 0.3) is 0 Å². The van der Waals surface area contributed by atoms with Crippen LogP contribution in [0.4, 0.5) is 4.39 Å². The molecule has 0 aromatic carbocycles. The molecule has 0 radical (unpaired) electrons. The van der Waals surface area contributed by atoms with Gasteiger partial charge in [0.15, 0.2) is 0 Å². The van der Waals surface area contributed by atoms with Crippen molar-refractivity contribution in [3.8, 4) is 11.4 Å². The van der Waals surface area contributed by atoms with Crippen molar-refractivity contribution in [2.45, 2.75) is 31.2 Å². The van der Waals surface area contributed by atoms with E-state index < -0.39 is 0 Å². The number of halogens is 1. The molecule has 0 spiro atoms. The van der Waals surface area contributed by atoms with Crippen LogP contribution in [0.25, 0.3) is 11.4 Å². The molecule has 17 heavy (non-hydrogen) atoms. The monoisotopic (exact) mass is 229 g/mol. The fraction of sp³-hybridized carbons (Fsp3) is 0.385. The van der Waals surface area contributed by atoms with Gasteiger partial charge in [-0.3, -0.25) is 4.98 Å².